The average molecular weight is 543 g/mol. The molecule has 0 radical (unpaired) electrons. The highest BCUT2D eigenvalue weighted by atomic mass is 31.2. The monoisotopic (exact) mass is 542 g/mol. The van der Waals surface area contributed by atoms with Crippen LogP contribution in [0.2, 0.25) is 0 Å². The standard InChI is InChI=1S/C29H59N4O3P/c1-9-10-11-12-13-14-15-16-17-18-19-32-21-20-31(8)27(32)30-37(34,36-29(5,6)7)33-22-23-35-26(25-33)24-28(2,3)4/h26H,9-25H2,1-8H3/b30-27-. The van der Waals surface area contributed by atoms with Crippen molar-refractivity contribution in [1.29, 1.82) is 0 Å². The fraction of sp³-hybridized carbons (Fsp3) is 0.966. The average Bonchev–Trinajstić information content (AvgIpc) is 3.12. The van der Waals surface area contributed by atoms with Gasteiger partial charge >= 0.3 is 7.67 Å². The number of hydrogen-bond acceptors (Lipinski definition) is 3. The second-order valence-electron chi connectivity index (χ2n) is 13.4. The van der Waals surface area contributed by atoms with Crippen molar-refractivity contribution in [3.63, 3.8) is 0 Å². The first-order chi connectivity index (χ1) is 17.3. The van der Waals surface area contributed by atoms with Gasteiger partial charge in [0.15, 0.2) is 0 Å². The molecule has 2 heterocycles. The molecule has 2 aliphatic heterocycles. The summed E-state index contributed by atoms with van der Waals surface area (Å²) in [5, 5.41) is 0. The van der Waals surface area contributed by atoms with Gasteiger partial charge in [-0.05, 0) is 39.0 Å². The van der Waals surface area contributed by atoms with Gasteiger partial charge in [0.25, 0.3) is 0 Å². The normalized spacial score (nSPS) is 22.7. The molecule has 0 saturated carbocycles. The minimum Gasteiger partial charge on any atom is -0.376 e. The Bertz CT molecular complexity index is 732. The third-order valence-corrected chi connectivity index (χ3v) is 9.33. The molecule has 0 spiro atoms. The Kier molecular flexibility index (Phi) is 13.4. The van der Waals surface area contributed by atoms with Gasteiger partial charge in [-0.1, -0.05) is 85.5 Å². The van der Waals surface area contributed by atoms with E-state index in [0.717, 1.165) is 38.4 Å². The number of likely N-dealkylation sites (N-methyl/N-ethyl adjacent to an activating group) is 1. The van der Waals surface area contributed by atoms with Crippen molar-refractivity contribution in [2.45, 2.75) is 131 Å². The van der Waals surface area contributed by atoms with Gasteiger partial charge in [-0.15, -0.1) is 0 Å². The lowest BCUT2D eigenvalue weighted by atomic mass is 9.89. The number of morpholine rings is 1. The largest absolute Gasteiger partial charge is 0.393 e. The molecule has 2 unspecified atom stereocenters. The van der Waals surface area contributed by atoms with Crippen LogP contribution < -0.4 is 0 Å². The maximum absolute atomic E-state index is 14.5. The van der Waals surface area contributed by atoms with Gasteiger partial charge in [0, 0.05) is 39.8 Å². The van der Waals surface area contributed by atoms with Gasteiger partial charge in [-0.25, -0.2) is 9.24 Å². The molecule has 2 atom stereocenters. The summed E-state index contributed by atoms with van der Waals surface area (Å²) in [4.78, 5) is 4.46. The van der Waals surface area contributed by atoms with Crippen LogP contribution in [-0.2, 0) is 13.8 Å². The van der Waals surface area contributed by atoms with Crippen LogP contribution in [0.25, 0.3) is 0 Å². The molecule has 218 valence electrons. The lowest BCUT2D eigenvalue weighted by Gasteiger charge is -2.39. The van der Waals surface area contributed by atoms with E-state index in [4.69, 9.17) is 14.0 Å². The van der Waals surface area contributed by atoms with Crippen LogP contribution in [0.5, 0.6) is 0 Å². The van der Waals surface area contributed by atoms with Gasteiger partial charge in [-0.3, -0.25) is 4.52 Å². The van der Waals surface area contributed by atoms with E-state index in [1.54, 1.807) is 0 Å². The van der Waals surface area contributed by atoms with Crippen LogP contribution in [0.3, 0.4) is 0 Å². The van der Waals surface area contributed by atoms with Crippen molar-refractivity contribution >= 4 is 13.6 Å². The van der Waals surface area contributed by atoms with Crippen LogP contribution >= 0.6 is 7.67 Å². The van der Waals surface area contributed by atoms with Crippen molar-refractivity contribution < 1.29 is 13.8 Å². The van der Waals surface area contributed by atoms with E-state index >= 15 is 0 Å². The summed E-state index contributed by atoms with van der Waals surface area (Å²) >= 11 is 0. The quantitative estimate of drug-likeness (QED) is 0.157. The lowest BCUT2D eigenvalue weighted by Crippen LogP contribution is -2.43. The van der Waals surface area contributed by atoms with Crippen LogP contribution in [0, 0.1) is 5.41 Å². The van der Waals surface area contributed by atoms with Crippen molar-refractivity contribution in [3.05, 3.63) is 0 Å². The zero-order valence-electron chi connectivity index (χ0n) is 25.6. The molecule has 2 rings (SSSR count). The summed E-state index contributed by atoms with van der Waals surface area (Å²) in [6, 6.07) is 0. The second-order valence-corrected chi connectivity index (χ2v) is 15.3. The molecule has 2 saturated heterocycles. The van der Waals surface area contributed by atoms with Gasteiger partial charge in [0.05, 0.1) is 18.3 Å². The van der Waals surface area contributed by atoms with Gasteiger partial charge in [0.2, 0.25) is 5.96 Å². The van der Waals surface area contributed by atoms with Crippen LogP contribution in [0.4, 0.5) is 0 Å². The summed E-state index contributed by atoms with van der Waals surface area (Å²) < 4.78 is 33.7. The molecule has 7 nitrogen and oxygen atoms in total. The molecule has 0 bridgehead atoms. The summed E-state index contributed by atoms with van der Waals surface area (Å²) in [5.41, 5.74) is -0.415. The molecule has 0 aromatic heterocycles. The van der Waals surface area contributed by atoms with Gasteiger partial charge in [-0.2, -0.15) is 4.76 Å². The number of ether oxygens (including phenoxy) is 1. The summed E-state index contributed by atoms with van der Waals surface area (Å²) in [5.74, 6) is 0.822. The predicted molar refractivity (Wildman–Crippen MR) is 157 cm³/mol. The minimum absolute atomic E-state index is 0.0369. The lowest BCUT2D eigenvalue weighted by molar-refractivity contribution is -0.0291. The van der Waals surface area contributed by atoms with Crippen LogP contribution in [0.1, 0.15) is 119 Å². The van der Waals surface area contributed by atoms with Crippen molar-refractivity contribution in [1.82, 2.24) is 14.5 Å². The number of nitrogens with zero attached hydrogens (tertiary/aromatic N) is 4. The molecule has 2 fully saturated rings. The molecular weight excluding hydrogens is 483 g/mol. The number of rotatable bonds is 15. The van der Waals surface area contributed by atoms with E-state index in [-0.39, 0.29) is 11.5 Å². The van der Waals surface area contributed by atoms with E-state index in [0.29, 0.717) is 19.7 Å². The molecule has 37 heavy (non-hydrogen) atoms. The predicted octanol–water partition coefficient (Wildman–Crippen LogP) is 7.57. The van der Waals surface area contributed by atoms with E-state index in [1.807, 2.05) is 25.4 Å². The third-order valence-electron chi connectivity index (χ3n) is 7.03. The highest BCUT2D eigenvalue weighted by Crippen LogP contribution is 2.56. The Labute approximate surface area is 229 Å². The van der Waals surface area contributed by atoms with Crippen molar-refractivity contribution in [3.8, 4) is 0 Å². The zero-order chi connectivity index (χ0) is 27.5. The SMILES string of the molecule is CCCCCCCCCCCCN1CCN(C)/C1=N/P(=O)(OC(C)(C)C)N1CCOC(CC(C)(C)C)C1. The zero-order valence-corrected chi connectivity index (χ0v) is 26.5. The Hall–Kier alpha value is -0.620. The van der Waals surface area contributed by atoms with Crippen LogP contribution in [0.15, 0.2) is 4.76 Å². The topological polar surface area (TPSA) is 57.6 Å². The van der Waals surface area contributed by atoms with E-state index < -0.39 is 13.3 Å². The molecule has 8 heteroatoms. The fourth-order valence-electron chi connectivity index (χ4n) is 5.20. The maximum atomic E-state index is 14.5. The highest BCUT2D eigenvalue weighted by Gasteiger charge is 2.42. The molecule has 0 aromatic carbocycles. The van der Waals surface area contributed by atoms with Crippen molar-refractivity contribution in [2.75, 3.05) is 46.4 Å². The Balaban J connectivity index is 1.99. The third kappa shape index (κ3) is 12.4. The van der Waals surface area contributed by atoms with E-state index in [1.165, 1.54) is 57.8 Å². The van der Waals surface area contributed by atoms with Crippen LogP contribution in [-0.4, -0.2) is 78.5 Å². The first kappa shape index (κ1) is 32.6. The molecule has 0 aromatic rings. The molecule has 0 amide bonds. The minimum atomic E-state index is -3.45. The Morgan fingerprint density at radius 3 is 2.08 bits per heavy atom. The highest BCUT2D eigenvalue weighted by molar-refractivity contribution is 7.55. The van der Waals surface area contributed by atoms with Gasteiger partial charge < -0.3 is 14.5 Å². The Morgan fingerprint density at radius 1 is 0.919 bits per heavy atom. The first-order valence-electron chi connectivity index (χ1n) is 15.1. The number of guanidine groups is 1. The smallest absolute Gasteiger partial charge is 0.376 e. The molecule has 0 N–H and O–H groups in total. The number of hydrogen-bond donors (Lipinski definition) is 0. The number of unbranched alkanes of at least 4 members (excludes halogenated alkanes) is 9. The van der Waals surface area contributed by atoms with Gasteiger partial charge in [0.1, 0.15) is 0 Å². The summed E-state index contributed by atoms with van der Waals surface area (Å²) in [6.07, 6.45) is 14.2. The maximum Gasteiger partial charge on any atom is 0.393 e. The van der Waals surface area contributed by atoms with Crippen molar-refractivity contribution in [2.24, 2.45) is 10.2 Å². The summed E-state index contributed by atoms with van der Waals surface area (Å²) in [6.45, 7) is 19.4. The van der Waals surface area contributed by atoms with E-state index in [9.17, 15) is 4.57 Å². The molecule has 0 aliphatic carbocycles. The second kappa shape index (κ2) is 15.2. The molecule has 2 aliphatic rings. The Morgan fingerprint density at radius 2 is 1.51 bits per heavy atom. The van der Waals surface area contributed by atoms with E-state index in [2.05, 4.69) is 44.5 Å². The molecular formula is C29H59N4O3P. The first-order valence-corrected chi connectivity index (χ1v) is 16.6. The fourth-order valence-corrected chi connectivity index (χ4v) is 7.43. The summed E-state index contributed by atoms with van der Waals surface area (Å²) in [7, 11) is -1.39.